The minimum Gasteiger partial charge on any atom is -0.339 e. The van der Waals surface area contributed by atoms with E-state index in [0.717, 1.165) is 14.0 Å². The number of thiophene rings is 1. The van der Waals surface area contributed by atoms with E-state index in [-0.39, 0.29) is 11.8 Å². The average molecular weight is 460 g/mol. The fourth-order valence-electron chi connectivity index (χ4n) is 3.74. The second-order valence-corrected chi connectivity index (χ2v) is 9.67. The summed E-state index contributed by atoms with van der Waals surface area (Å²) in [5.74, 6) is 0.107. The third-order valence-electron chi connectivity index (χ3n) is 5.21. The van der Waals surface area contributed by atoms with E-state index in [0.29, 0.717) is 38.4 Å². The zero-order chi connectivity index (χ0) is 19.8. The van der Waals surface area contributed by atoms with Gasteiger partial charge in [0.2, 0.25) is 5.91 Å². The second kappa shape index (κ2) is 7.72. The first-order valence-corrected chi connectivity index (χ1v) is 10.9. The van der Waals surface area contributed by atoms with Crippen molar-refractivity contribution in [2.24, 2.45) is 0 Å². The number of hydrogen-bond donors (Lipinski definition) is 0. The normalized spacial score (nSPS) is 14.7. The highest BCUT2D eigenvalue weighted by atomic mass is 79.9. The van der Waals surface area contributed by atoms with Crippen LogP contribution in [-0.4, -0.2) is 52.4 Å². The Labute approximate surface area is 176 Å². The number of fused-ring (bicyclic) bond motifs is 1. The van der Waals surface area contributed by atoms with Crippen molar-refractivity contribution in [1.82, 2.24) is 14.4 Å². The van der Waals surface area contributed by atoms with Crippen LogP contribution in [0, 0.1) is 6.92 Å². The van der Waals surface area contributed by atoms with Crippen LogP contribution >= 0.6 is 27.3 Å². The van der Waals surface area contributed by atoms with Gasteiger partial charge in [-0.3, -0.25) is 9.59 Å². The molecular weight excluding hydrogens is 438 g/mol. The molecule has 3 aromatic rings. The third kappa shape index (κ3) is 3.73. The highest BCUT2D eigenvalue weighted by Crippen LogP contribution is 2.33. The predicted molar refractivity (Wildman–Crippen MR) is 116 cm³/mol. The number of carbonyl (C=O) groups excluding carboxylic acids is 2. The van der Waals surface area contributed by atoms with Crippen LogP contribution in [-0.2, 0) is 11.3 Å². The van der Waals surface area contributed by atoms with Crippen LogP contribution < -0.4 is 0 Å². The molecule has 1 saturated heterocycles. The molecule has 0 aliphatic carbocycles. The molecule has 1 aromatic carbocycles. The van der Waals surface area contributed by atoms with E-state index in [9.17, 15) is 9.59 Å². The molecule has 2 amide bonds. The molecule has 0 spiro atoms. The van der Waals surface area contributed by atoms with Crippen molar-refractivity contribution in [2.75, 3.05) is 26.2 Å². The minimum atomic E-state index is 0.0374. The van der Waals surface area contributed by atoms with Gasteiger partial charge in [0.05, 0.1) is 14.0 Å². The molecule has 1 aliphatic heterocycles. The summed E-state index contributed by atoms with van der Waals surface area (Å²) in [5, 5.41) is 0. The minimum absolute atomic E-state index is 0.0374. The highest BCUT2D eigenvalue weighted by Gasteiger charge is 2.26. The first-order valence-electron chi connectivity index (χ1n) is 9.31. The number of nitrogens with zero attached hydrogens (tertiary/aromatic N) is 3. The molecule has 0 saturated carbocycles. The predicted octanol–water partition coefficient (Wildman–Crippen LogP) is 4.13. The lowest BCUT2D eigenvalue weighted by molar-refractivity contribution is -0.130. The van der Waals surface area contributed by atoms with Crippen LogP contribution in [0.5, 0.6) is 0 Å². The standard InChI is InChI=1S/C21H22BrN3O2S/c1-14-4-3-5-16(10-14)13-25-17-12-20(22)28-19(17)11-18(25)21(27)24-8-6-23(7-9-24)15(2)26/h3-5,10-12H,6-9,13H2,1-2H3. The molecule has 0 unspecified atom stereocenters. The molecule has 1 fully saturated rings. The van der Waals surface area contributed by atoms with Crippen LogP contribution in [0.25, 0.3) is 10.2 Å². The van der Waals surface area contributed by atoms with E-state index in [1.807, 2.05) is 11.0 Å². The van der Waals surface area contributed by atoms with Crippen molar-refractivity contribution >= 4 is 49.3 Å². The van der Waals surface area contributed by atoms with E-state index < -0.39 is 0 Å². The third-order valence-corrected chi connectivity index (χ3v) is 6.79. The Morgan fingerprint density at radius 2 is 1.79 bits per heavy atom. The fraction of sp³-hybridized carbons (Fsp3) is 0.333. The van der Waals surface area contributed by atoms with Gasteiger partial charge in [-0.1, -0.05) is 29.8 Å². The molecule has 146 valence electrons. The lowest BCUT2D eigenvalue weighted by Crippen LogP contribution is -2.50. The first kappa shape index (κ1) is 19.2. The Morgan fingerprint density at radius 1 is 1.07 bits per heavy atom. The van der Waals surface area contributed by atoms with Gasteiger partial charge < -0.3 is 14.4 Å². The number of amides is 2. The number of halogens is 1. The fourth-order valence-corrected chi connectivity index (χ4v) is 5.30. The van der Waals surface area contributed by atoms with Gasteiger partial charge in [0.1, 0.15) is 5.69 Å². The maximum atomic E-state index is 13.3. The summed E-state index contributed by atoms with van der Waals surface area (Å²) in [7, 11) is 0. The molecule has 4 rings (SSSR count). The van der Waals surface area contributed by atoms with Gasteiger partial charge in [-0.25, -0.2) is 0 Å². The molecule has 3 heterocycles. The van der Waals surface area contributed by atoms with Crippen molar-refractivity contribution in [3.63, 3.8) is 0 Å². The number of aromatic nitrogens is 1. The van der Waals surface area contributed by atoms with E-state index in [2.05, 4.69) is 57.8 Å². The number of hydrogen-bond acceptors (Lipinski definition) is 3. The van der Waals surface area contributed by atoms with Crippen molar-refractivity contribution in [3.8, 4) is 0 Å². The molecule has 1 aliphatic rings. The number of aryl methyl sites for hydroxylation is 1. The molecule has 7 heteroatoms. The smallest absolute Gasteiger partial charge is 0.270 e. The van der Waals surface area contributed by atoms with Crippen LogP contribution in [0.2, 0.25) is 0 Å². The van der Waals surface area contributed by atoms with Gasteiger partial charge in [-0.15, -0.1) is 11.3 Å². The van der Waals surface area contributed by atoms with Gasteiger partial charge in [-0.05, 0) is 40.5 Å². The lowest BCUT2D eigenvalue weighted by atomic mass is 10.1. The Kier molecular flexibility index (Phi) is 5.29. The quantitative estimate of drug-likeness (QED) is 0.590. The van der Waals surface area contributed by atoms with Crippen molar-refractivity contribution in [2.45, 2.75) is 20.4 Å². The summed E-state index contributed by atoms with van der Waals surface area (Å²) >= 11 is 5.21. The Hall–Kier alpha value is -2.12. The largest absolute Gasteiger partial charge is 0.339 e. The number of rotatable bonds is 3. The number of benzene rings is 1. The van der Waals surface area contributed by atoms with Gasteiger partial charge in [-0.2, -0.15) is 0 Å². The van der Waals surface area contributed by atoms with E-state index >= 15 is 0 Å². The van der Waals surface area contributed by atoms with Crippen LogP contribution in [0.1, 0.15) is 28.5 Å². The van der Waals surface area contributed by atoms with E-state index in [1.54, 1.807) is 23.2 Å². The van der Waals surface area contributed by atoms with Gasteiger partial charge >= 0.3 is 0 Å². The number of carbonyl (C=O) groups is 2. The topological polar surface area (TPSA) is 45.6 Å². The first-order chi connectivity index (χ1) is 13.4. The number of piperazine rings is 1. The second-order valence-electron chi connectivity index (χ2n) is 7.20. The van der Waals surface area contributed by atoms with Gasteiger partial charge in [0, 0.05) is 39.6 Å². The molecule has 0 atom stereocenters. The molecule has 0 bridgehead atoms. The van der Waals surface area contributed by atoms with Crippen LogP contribution in [0.15, 0.2) is 40.2 Å². The van der Waals surface area contributed by atoms with Gasteiger partial charge in [0.25, 0.3) is 5.91 Å². The van der Waals surface area contributed by atoms with E-state index in [4.69, 9.17) is 0 Å². The Bertz CT molecular complexity index is 1050. The molecule has 28 heavy (non-hydrogen) atoms. The molecule has 0 radical (unpaired) electrons. The zero-order valence-electron chi connectivity index (χ0n) is 15.9. The maximum absolute atomic E-state index is 13.3. The zero-order valence-corrected chi connectivity index (χ0v) is 18.3. The highest BCUT2D eigenvalue weighted by molar-refractivity contribution is 9.11. The average Bonchev–Trinajstić information content (AvgIpc) is 3.18. The summed E-state index contributed by atoms with van der Waals surface area (Å²) in [6, 6.07) is 12.5. The monoisotopic (exact) mass is 459 g/mol. The summed E-state index contributed by atoms with van der Waals surface area (Å²) in [6.45, 7) is 6.66. The summed E-state index contributed by atoms with van der Waals surface area (Å²) < 4.78 is 4.28. The molecule has 2 aromatic heterocycles. The molecule has 5 nitrogen and oxygen atoms in total. The Balaban J connectivity index is 1.66. The van der Waals surface area contributed by atoms with Crippen LogP contribution in [0.4, 0.5) is 0 Å². The lowest BCUT2D eigenvalue weighted by Gasteiger charge is -2.34. The van der Waals surface area contributed by atoms with Crippen molar-refractivity contribution in [3.05, 3.63) is 57.0 Å². The van der Waals surface area contributed by atoms with Crippen molar-refractivity contribution in [1.29, 1.82) is 0 Å². The van der Waals surface area contributed by atoms with Crippen molar-refractivity contribution < 1.29 is 9.59 Å². The molecular formula is C21H22BrN3O2S. The van der Waals surface area contributed by atoms with E-state index in [1.165, 1.54) is 11.1 Å². The summed E-state index contributed by atoms with van der Waals surface area (Å²) in [4.78, 5) is 28.5. The summed E-state index contributed by atoms with van der Waals surface area (Å²) in [5.41, 5.74) is 4.17. The molecule has 0 N–H and O–H groups in total. The summed E-state index contributed by atoms with van der Waals surface area (Å²) in [6.07, 6.45) is 0. The van der Waals surface area contributed by atoms with Crippen LogP contribution in [0.3, 0.4) is 0 Å². The maximum Gasteiger partial charge on any atom is 0.270 e. The van der Waals surface area contributed by atoms with Gasteiger partial charge in [0.15, 0.2) is 0 Å². The Morgan fingerprint density at radius 3 is 2.46 bits per heavy atom. The SMILES string of the molecule is CC(=O)N1CCN(C(=O)c2cc3sc(Br)cc3n2Cc2cccc(C)c2)CC1.